The highest BCUT2D eigenvalue weighted by Gasteiger charge is 2.13. The Hall–Kier alpha value is -1.62. The molecular weight excluding hydrogens is 238 g/mol. The maximum atomic E-state index is 5.89. The molecule has 2 aromatic heterocycles. The molecule has 2 rings (SSSR count). The van der Waals surface area contributed by atoms with Crippen LogP contribution in [-0.4, -0.2) is 25.4 Å². The Morgan fingerprint density at radius 3 is 2.68 bits per heavy atom. The van der Waals surface area contributed by atoms with Crippen LogP contribution in [0.4, 0.5) is 0 Å². The van der Waals surface area contributed by atoms with Gasteiger partial charge in [0.05, 0.1) is 5.69 Å². The van der Waals surface area contributed by atoms with E-state index in [9.17, 15) is 0 Å². The lowest BCUT2D eigenvalue weighted by Crippen LogP contribution is -2.18. The van der Waals surface area contributed by atoms with Gasteiger partial charge in [-0.05, 0) is 32.8 Å². The Labute approximate surface area is 114 Å². The summed E-state index contributed by atoms with van der Waals surface area (Å²) in [5.41, 5.74) is 9.50. The Balaban J connectivity index is 2.11. The minimum atomic E-state index is 0.171. The normalized spacial score (nSPS) is 12.9. The van der Waals surface area contributed by atoms with Gasteiger partial charge in [-0.1, -0.05) is 0 Å². The van der Waals surface area contributed by atoms with Gasteiger partial charge in [0.2, 0.25) is 0 Å². The average molecular weight is 261 g/mol. The zero-order valence-electron chi connectivity index (χ0n) is 12.2. The van der Waals surface area contributed by atoms with Crippen LogP contribution in [0.3, 0.4) is 0 Å². The average Bonchev–Trinajstić information content (AvgIpc) is 2.85. The quantitative estimate of drug-likeness (QED) is 0.884. The van der Waals surface area contributed by atoms with E-state index < -0.39 is 0 Å². The lowest BCUT2D eigenvalue weighted by Gasteiger charge is -2.07. The molecule has 0 aliphatic carbocycles. The second kappa shape index (κ2) is 5.57. The number of aromatic nitrogens is 4. The lowest BCUT2D eigenvalue weighted by molar-refractivity contribution is 0.571. The maximum absolute atomic E-state index is 5.89. The molecule has 5 heteroatoms. The van der Waals surface area contributed by atoms with Crippen molar-refractivity contribution < 1.29 is 0 Å². The van der Waals surface area contributed by atoms with Crippen molar-refractivity contribution in [3.8, 4) is 0 Å². The number of aryl methyl sites for hydroxylation is 4. The van der Waals surface area contributed by atoms with E-state index >= 15 is 0 Å². The Kier molecular flexibility index (Phi) is 4.04. The molecule has 104 valence electrons. The molecule has 0 saturated carbocycles. The fourth-order valence-corrected chi connectivity index (χ4v) is 2.41. The van der Waals surface area contributed by atoms with Crippen LogP contribution in [0, 0.1) is 13.8 Å². The molecule has 5 nitrogen and oxygen atoms in total. The minimum absolute atomic E-state index is 0.171. The van der Waals surface area contributed by atoms with E-state index in [1.807, 2.05) is 26.4 Å². The minimum Gasteiger partial charge on any atom is -0.338 e. The molecule has 0 spiro atoms. The molecule has 2 N–H and O–H groups in total. The number of hydrogen-bond donors (Lipinski definition) is 1. The Bertz CT molecular complexity index is 550. The molecule has 2 aromatic rings. The first-order valence-electron chi connectivity index (χ1n) is 6.73. The second-order valence-electron chi connectivity index (χ2n) is 5.26. The van der Waals surface area contributed by atoms with Crippen LogP contribution in [0.2, 0.25) is 0 Å². The number of nitrogens with zero attached hydrogens (tertiary/aromatic N) is 4. The third kappa shape index (κ3) is 3.04. The third-order valence-electron chi connectivity index (χ3n) is 3.53. The predicted molar refractivity (Wildman–Crippen MR) is 76.0 cm³/mol. The van der Waals surface area contributed by atoms with Crippen molar-refractivity contribution in [1.82, 2.24) is 19.3 Å². The topological polar surface area (TPSA) is 61.7 Å². The van der Waals surface area contributed by atoms with E-state index in [1.54, 1.807) is 0 Å². The highest BCUT2D eigenvalue weighted by atomic mass is 15.3. The maximum Gasteiger partial charge on any atom is 0.110 e. The molecule has 0 bridgehead atoms. The van der Waals surface area contributed by atoms with Gasteiger partial charge in [-0.15, -0.1) is 0 Å². The Morgan fingerprint density at radius 1 is 1.37 bits per heavy atom. The molecule has 1 atom stereocenters. The summed E-state index contributed by atoms with van der Waals surface area (Å²) in [4.78, 5) is 4.34. The summed E-state index contributed by atoms with van der Waals surface area (Å²) in [6, 6.07) is 0.171. The van der Waals surface area contributed by atoms with Gasteiger partial charge in [0.15, 0.2) is 0 Å². The highest BCUT2D eigenvalue weighted by molar-refractivity contribution is 5.25. The van der Waals surface area contributed by atoms with Crippen LogP contribution in [0.1, 0.15) is 29.7 Å². The molecule has 0 amide bonds. The van der Waals surface area contributed by atoms with E-state index in [0.717, 1.165) is 30.9 Å². The van der Waals surface area contributed by atoms with Crippen molar-refractivity contribution in [2.75, 3.05) is 0 Å². The SMILES string of the molecule is Cc1nn(CCc2nccn2C)c(C)c1CC(C)N. The summed E-state index contributed by atoms with van der Waals surface area (Å²) >= 11 is 0. The fraction of sp³-hybridized carbons (Fsp3) is 0.571. The van der Waals surface area contributed by atoms with Gasteiger partial charge in [-0.25, -0.2) is 4.98 Å². The van der Waals surface area contributed by atoms with Crippen molar-refractivity contribution >= 4 is 0 Å². The van der Waals surface area contributed by atoms with Gasteiger partial charge < -0.3 is 10.3 Å². The van der Waals surface area contributed by atoms with Crippen LogP contribution in [-0.2, 0) is 26.4 Å². The molecule has 19 heavy (non-hydrogen) atoms. The first-order valence-corrected chi connectivity index (χ1v) is 6.73. The smallest absolute Gasteiger partial charge is 0.110 e. The molecule has 0 aliphatic heterocycles. The number of rotatable bonds is 5. The van der Waals surface area contributed by atoms with E-state index in [4.69, 9.17) is 5.73 Å². The summed E-state index contributed by atoms with van der Waals surface area (Å²) in [7, 11) is 2.02. The summed E-state index contributed by atoms with van der Waals surface area (Å²) in [5, 5.41) is 4.62. The first kappa shape index (κ1) is 13.8. The van der Waals surface area contributed by atoms with Crippen LogP contribution >= 0.6 is 0 Å². The lowest BCUT2D eigenvalue weighted by atomic mass is 10.1. The number of nitrogens with two attached hydrogens (primary N) is 1. The van der Waals surface area contributed by atoms with E-state index in [-0.39, 0.29) is 6.04 Å². The zero-order valence-corrected chi connectivity index (χ0v) is 12.2. The highest BCUT2D eigenvalue weighted by Crippen LogP contribution is 2.15. The van der Waals surface area contributed by atoms with Crippen LogP contribution in [0.25, 0.3) is 0 Å². The molecular formula is C14H23N5. The van der Waals surface area contributed by atoms with Crippen LogP contribution < -0.4 is 5.73 Å². The summed E-state index contributed by atoms with van der Waals surface area (Å²) in [6.45, 7) is 7.07. The molecule has 0 aromatic carbocycles. The molecule has 2 heterocycles. The largest absolute Gasteiger partial charge is 0.338 e. The van der Waals surface area contributed by atoms with E-state index in [0.29, 0.717) is 0 Å². The number of imidazole rings is 1. The second-order valence-corrected chi connectivity index (χ2v) is 5.26. The molecule has 0 radical (unpaired) electrons. The van der Waals surface area contributed by atoms with Gasteiger partial charge >= 0.3 is 0 Å². The van der Waals surface area contributed by atoms with Crippen molar-refractivity contribution in [1.29, 1.82) is 0 Å². The molecule has 0 fully saturated rings. The van der Waals surface area contributed by atoms with Gasteiger partial charge in [0, 0.05) is 44.1 Å². The van der Waals surface area contributed by atoms with Crippen molar-refractivity contribution in [3.63, 3.8) is 0 Å². The van der Waals surface area contributed by atoms with Gasteiger partial charge in [0.25, 0.3) is 0 Å². The monoisotopic (exact) mass is 261 g/mol. The first-order chi connectivity index (χ1) is 8.99. The molecule has 0 aliphatic rings. The van der Waals surface area contributed by atoms with Crippen molar-refractivity contribution in [2.24, 2.45) is 12.8 Å². The summed E-state index contributed by atoms with van der Waals surface area (Å²) < 4.78 is 4.12. The van der Waals surface area contributed by atoms with Crippen molar-refractivity contribution in [2.45, 2.75) is 46.2 Å². The Morgan fingerprint density at radius 2 is 2.11 bits per heavy atom. The third-order valence-corrected chi connectivity index (χ3v) is 3.53. The standard InChI is InChI=1S/C14H23N5/c1-10(15)9-13-11(2)17-19(12(13)3)7-5-14-16-6-8-18(14)4/h6,8,10H,5,7,9,15H2,1-4H3. The molecule has 0 saturated heterocycles. The van der Waals surface area contributed by atoms with Gasteiger partial charge in [-0.2, -0.15) is 5.10 Å². The van der Waals surface area contributed by atoms with Gasteiger partial charge in [0.1, 0.15) is 5.82 Å². The van der Waals surface area contributed by atoms with Crippen LogP contribution in [0.5, 0.6) is 0 Å². The van der Waals surface area contributed by atoms with Gasteiger partial charge in [-0.3, -0.25) is 4.68 Å². The van der Waals surface area contributed by atoms with E-state index in [1.165, 1.54) is 11.3 Å². The molecule has 1 unspecified atom stereocenters. The van der Waals surface area contributed by atoms with Crippen molar-refractivity contribution in [3.05, 3.63) is 35.2 Å². The van der Waals surface area contributed by atoms with Crippen LogP contribution in [0.15, 0.2) is 12.4 Å². The number of hydrogen-bond acceptors (Lipinski definition) is 3. The summed E-state index contributed by atoms with van der Waals surface area (Å²) in [5.74, 6) is 1.08. The van der Waals surface area contributed by atoms with E-state index in [2.05, 4.69) is 33.2 Å². The summed E-state index contributed by atoms with van der Waals surface area (Å²) in [6.07, 6.45) is 5.58. The predicted octanol–water partition coefficient (Wildman–Crippen LogP) is 1.37. The fourth-order valence-electron chi connectivity index (χ4n) is 2.41. The zero-order chi connectivity index (χ0) is 14.0.